The Morgan fingerprint density at radius 2 is 1.67 bits per heavy atom. The normalized spacial score (nSPS) is 17.2. The number of amides is 2. The zero-order valence-electron chi connectivity index (χ0n) is 17.3. The van der Waals surface area contributed by atoms with Crippen molar-refractivity contribution >= 4 is 44.8 Å². The largest absolute Gasteiger partial charge is 0.368 e. The van der Waals surface area contributed by atoms with E-state index in [1.807, 2.05) is 29.2 Å². The van der Waals surface area contributed by atoms with Gasteiger partial charge in [-0.25, -0.2) is 5.01 Å². The van der Waals surface area contributed by atoms with E-state index < -0.39 is 0 Å². The topological polar surface area (TPSA) is 56.2 Å². The summed E-state index contributed by atoms with van der Waals surface area (Å²) in [6, 6.07) is 13.8. The Morgan fingerprint density at radius 3 is 2.37 bits per heavy atom. The van der Waals surface area contributed by atoms with Crippen molar-refractivity contribution in [2.45, 2.75) is 26.7 Å². The number of benzene rings is 2. The molecule has 7 heteroatoms. The number of anilines is 2. The number of carbonyl (C=O) groups is 2. The monoisotopic (exact) mass is 468 g/mol. The summed E-state index contributed by atoms with van der Waals surface area (Å²) >= 11 is 3.40. The Morgan fingerprint density at radius 1 is 0.967 bits per heavy atom. The third-order valence-corrected chi connectivity index (χ3v) is 6.15. The molecule has 0 N–H and O–H groups in total. The summed E-state index contributed by atoms with van der Waals surface area (Å²) in [7, 11) is 0. The lowest BCUT2D eigenvalue weighted by Crippen LogP contribution is -2.51. The van der Waals surface area contributed by atoms with Crippen molar-refractivity contribution < 1.29 is 9.59 Å². The molecule has 0 atom stereocenters. The van der Waals surface area contributed by atoms with E-state index in [2.05, 4.69) is 58.0 Å². The van der Waals surface area contributed by atoms with Gasteiger partial charge in [0.1, 0.15) is 5.71 Å². The van der Waals surface area contributed by atoms with Crippen molar-refractivity contribution in [2.24, 2.45) is 5.10 Å². The van der Waals surface area contributed by atoms with Gasteiger partial charge in [0, 0.05) is 49.2 Å². The van der Waals surface area contributed by atoms with E-state index in [4.69, 9.17) is 0 Å². The Balaban J connectivity index is 1.46. The number of carbonyl (C=O) groups excluding carboxylic acids is 2. The van der Waals surface area contributed by atoms with Gasteiger partial charge in [-0.15, -0.1) is 0 Å². The molecule has 156 valence electrons. The standard InChI is InChI=1S/C23H25BrN4O2/c1-16-3-4-17(2)21(15-16)26-11-13-27(14-12-26)23(30)20-9-10-22(29)28(25-20)19-7-5-18(24)6-8-19/h3-8,15H,9-14H2,1-2H3. The van der Waals surface area contributed by atoms with Gasteiger partial charge in [0.2, 0.25) is 5.91 Å². The van der Waals surface area contributed by atoms with E-state index in [9.17, 15) is 9.59 Å². The fraction of sp³-hybridized carbons (Fsp3) is 0.348. The maximum atomic E-state index is 13.1. The van der Waals surface area contributed by atoms with Gasteiger partial charge in [-0.2, -0.15) is 5.10 Å². The van der Waals surface area contributed by atoms with Crippen molar-refractivity contribution in [1.82, 2.24) is 4.90 Å². The van der Waals surface area contributed by atoms with Gasteiger partial charge < -0.3 is 9.80 Å². The van der Waals surface area contributed by atoms with Crippen LogP contribution in [-0.4, -0.2) is 48.6 Å². The van der Waals surface area contributed by atoms with Gasteiger partial charge in [-0.1, -0.05) is 28.1 Å². The van der Waals surface area contributed by atoms with Crippen molar-refractivity contribution in [3.63, 3.8) is 0 Å². The zero-order valence-corrected chi connectivity index (χ0v) is 18.9. The van der Waals surface area contributed by atoms with Crippen molar-refractivity contribution in [2.75, 3.05) is 36.1 Å². The summed E-state index contributed by atoms with van der Waals surface area (Å²) in [5.74, 6) is -0.154. The molecule has 1 saturated heterocycles. The van der Waals surface area contributed by atoms with Gasteiger partial charge in [0.15, 0.2) is 0 Å². The first-order chi connectivity index (χ1) is 14.4. The van der Waals surface area contributed by atoms with Crippen LogP contribution in [0.3, 0.4) is 0 Å². The minimum Gasteiger partial charge on any atom is -0.368 e. The van der Waals surface area contributed by atoms with Crippen LogP contribution in [0, 0.1) is 13.8 Å². The van der Waals surface area contributed by atoms with E-state index in [0.717, 1.165) is 17.6 Å². The molecule has 4 rings (SSSR count). The Labute approximate surface area is 185 Å². The third kappa shape index (κ3) is 4.26. The van der Waals surface area contributed by atoms with Crippen molar-refractivity contribution in [3.8, 4) is 0 Å². The molecule has 0 spiro atoms. The highest BCUT2D eigenvalue weighted by Crippen LogP contribution is 2.25. The fourth-order valence-corrected chi connectivity index (χ4v) is 4.15. The van der Waals surface area contributed by atoms with E-state index in [1.54, 1.807) is 0 Å². The smallest absolute Gasteiger partial charge is 0.270 e. The second-order valence-corrected chi connectivity index (χ2v) is 8.71. The van der Waals surface area contributed by atoms with Gasteiger partial charge in [0.05, 0.1) is 5.69 Å². The summed E-state index contributed by atoms with van der Waals surface area (Å²) in [5, 5.41) is 5.78. The molecule has 2 aliphatic rings. The molecule has 2 aliphatic heterocycles. The SMILES string of the molecule is Cc1ccc(C)c(N2CCN(C(=O)C3=NN(c4ccc(Br)cc4)C(=O)CC3)CC2)c1. The number of halogens is 1. The van der Waals surface area contributed by atoms with Gasteiger partial charge >= 0.3 is 0 Å². The highest BCUT2D eigenvalue weighted by molar-refractivity contribution is 9.10. The molecular formula is C23H25BrN4O2. The molecule has 6 nitrogen and oxygen atoms in total. The lowest BCUT2D eigenvalue weighted by Gasteiger charge is -2.37. The number of piperazine rings is 1. The molecule has 2 aromatic carbocycles. The lowest BCUT2D eigenvalue weighted by molar-refractivity contribution is -0.124. The average molecular weight is 469 g/mol. The number of aryl methyl sites for hydroxylation is 2. The average Bonchev–Trinajstić information content (AvgIpc) is 2.76. The first kappa shape index (κ1) is 20.6. The Bertz CT molecular complexity index is 995. The van der Waals surface area contributed by atoms with E-state index in [0.29, 0.717) is 37.3 Å². The maximum Gasteiger partial charge on any atom is 0.270 e. The quantitative estimate of drug-likeness (QED) is 0.686. The Hall–Kier alpha value is -2.67. The van der Waals surface area contributed by atoms with Crippen LogP contribution < -0.4 is 9.91 Å². The van der Waals surface area contributed by atoms with Crippen LogP contribution >= 0.6 is 15.9 Å². The molecule has 1 fully saturated rings. The summed E-state index contributed by atoms with van der Waals surface area (Å²) in [4.78, 5) is 29.6. The molecule has 0 bridgehead atoms. The minimum atomic E-state index is -0.0892. The summed E-state index contributed by atoms with van der Waals surface area (Å²) < 4.78 is 0.928. The number of hydrogen-bond acceptors (Lipinski definition) is 4. The molecule has 30 heavy (non-hydrogen) atoms. The summed E-state index contributed by atoms with van der Waals surface area (Å²) in [6.45, 7) is 7.10. The third-order valence-electron chi connectivity index (χ3n) is 5.62. The van der Waals surface area contributed by atoms with Crippen LogP contribution in [-0.2, 0) is 9.59 Å². The van der Waals surface area contributed by atoms with Crippen molar-refractivity contribution in [1.29, 1.82) is 0 Å². The van der Waals surface area contributed by atoms with Gasteiger partial charge in [0.25, 0.3) is 5.91 Å². The molecule has 0 radical (unpaired) electrons. The van der Waals surface area contributed by atoms with Crippen LogP contribution in [0.25, 0.3) is 0 Å². The predicted molar refractivity (Wildman–Crippen MR) is 123 cm³/mol. The van der Waals surface area contributed by atoms with E-state index in [-0.39, 0.29) is 11.8 Å². The number of nitrogens with zero attached hydrogens (tertiary/aromatic N) is 4. The number of rotatable bonds is 3. The molecule has 0 unspecified atom stereocenters. The van der Waals surface area contributed by atoms with Gasteiger partial charge in [-0.05, 0) is 55.3 Å². The molecule has 2 heterocycles. The highest BCUT2D eigenvalue weighted by Gasteiger charge is 2.30. The molecule has 0 saturated carbocycles. The molecule has 2 aromatic rings. The molecular weight excluding hydrogens is 444 g/mol. The van der Waals surface area contributed by atoms with E-state index in [1.165, 1.54) is 21.8 Å². The number of hydrogen-bond donors (Lipinski definition) is 0. The molecule has 0 aromatic heterocycles. The second kappa shape index (κ2) is 8.60. The summed E-state index contributed by atoms with van der Waals surface area (Å²) in [5.41, 5.74) is 4.86. The minimum absolute atomic E-state index is 0.0646. The first-order valence-electron chi connectivity index (χ1n) is 10.2. The molecule has 2 amide bonds. The van der Waals surface area contributed by atoms with Crippen LogP contribution in [0.15, 0.2) is 52.0 Å². The van der Waals surface area contributed by atoms with Crippen molar-refractivity contribution in [3.05, 3.63) is 58.1 Å². The van der Waals surface area contributed by atoms with Crippen LogP contribution in [0.1, 0.15) is 24.0 Å². The highest BCUT2D eigenvalue weighted by atomic mass is 79.9. The fourth-order valence-electron chi connectivity index (χ4n) is 3.88. The van der Waals surface area contributed by atoms with Crippen LogP contribution in [0.4, 0.5) is 11.4 Å². The van der Waals surface area contributed by atoms with Crippen LogP contribution in [0.2, 0.25) is 0 Å². The van der Waals surface area contributed by atoms with Gasteiger partial charge in [-0.3, -0.25) is 9.59 Å². The first-order valence-corrected chi connectivity index (χ1v) is 11.0. The van der Waals surface area contributed by atoms with Crippen LogP contribution in [0.5, 0.6) is 0 Å². The summed E-state index contributed by atoms with van der Waals surface area (Å²) in [6.07, 6.45) is 0.686. The predicted octanol–water partition coefficient (Wildman–Crippen LogP) is 3.90. The van der Waals surface area contributed by atoms with E-state index >= 15 is 0 Å². The maximum absolute atomic E-state index is 13.1. The number of hydrazone groups is 1. The lowest BCUT2D eigenvalue weighted by atomic mass is 10.1. The second-order valence-electron chi connectivity index (χ2n) is 7.80. The zero-order chi connectivity index (χ0) is 21.3. The molecule has 0 aliphatic carbocycles. The Kier molecular flexibility index (Phi) is 5.90.